The summed E-state index contributed by atoms with van der Waals surface area (Å²) in [7, 11) is 0. The Hall–Kier alpha value is -2.89. The topological polar surface area (TPSA) is 63.2 Å². The van der Waals surface area contributed by atoms with Crippen LogP contribution in [0.15, 0.2) is 36.4 Å². The zero-order valence-electron chi connectivity index (χ0n) is 14.1. The maximum Gasteiger partial charge on any atom is 0.309 e. The van der Waals surface area contributed by atoms with Gasteiger partial charge in [0.15, 0.2) is 23.0 Å². The minimum absolute atomic E-state index is 0.131. The fourth-order valence-electron chi connectivity index (χ4n) is 3.75. The summed E-state index contributed by atoms with van der Waals surface area (Å²) in [5.74, 6) is 2.85. The van der Waals surface area contributed by atoms with Crippen molar-refractivity contribution in [2.24, 2.45) is 11.8 Å². The molecule has 0 bridgehead atoms. The number of hydrogen-bond acceptors (Lipinski definition) is 6. The third-order valence-electron chi connectivity index (χ3n) is 5.14. The number of fused-ring (bicyclic) bond motifs is 2. The van der Waals surface area contributed by atoms with E-state index in [2.05, 4.69) is 0 Å². The fraction of sp³-hybridized carbons (Fsp3) is 0.350. The molecule has 6 heteroatoms. The lowest BCUT2D eigenvalue weighted by atomic mass is 9.85. The highest BCUT2D eigenvalue weighted by Crippen LogP contribution is 2.37. The molecular formula is C20H18O6. The molecule has 0 aliphatic carbocycles. The molecule has 0 saturated carbocycles. The molecule has 2 atom stereocenters. The van der Waals surface area contributed by atoms with Crippen molar-refractivity contribution in [3.8, 4) is 23.0 Å². The predicted octanol–water partition coefficient (Wildman–Crippen LogP) is 2.72. The molecule has 26 heavy (non-hydrogen) atoms. The van der Waals surface area contributed by atoms with Gasteiger partial charge in [-0.25, -0.2) is 0 Å². The fourth-order valence-corrected chi connectivity index (χ4v) is 3.75. The second-order valence-corrected chi connectivity index (χ2v) is 6.78. The van der Waals surface area contributed by atoms with E-state index in [1.807, 2.05) is 36.4 Å². The quantitative estimate of drug-likeness (QED) is 0.787. The molecule has 2 aromatic rings. The summed E-state index contributed by atoms with van der Waals surface area (Å²) in [6.45, 7) is 0.954. The molecule has 0 unspecified atom stereocenters. The van der Waals surface area contributed by atoms with Crippen LogP contribution in [0.5, 0.6) is 23.0 Å². The first-order valence-corrected chi connectivity index (χ1v) is 8.70. The largest absolute Gasteiger partial charge is 0.465 e. The van der Waals surface area contributed by atoms with Crippen LogP contribution in [-0.4, -0.2) is 26.2 Å². The van der Waals surface area contributed by atoms with E-state index in [4.69, 9.17) is 23.7 Å². The van der Waals surface area contributed by atoms with Gasteiger partial charge in [-0.2, -0.15) is 0 Å². The van der Waals surface area contributed by atoms with Gasteiger partial charge in [0.2, 0.25) is 13.6 Å². The van der Waals surface area contributed by atoms with Crippen LogP contribution in [0.3, 0.4) is 0 Å². The van der Waals surface area contributed by atoms with E-state index in [0.29, 0.717) is 13.0 Å². The summed E-state index contributed by atoms with van der Waals surface area (Å²) >= 11 is 0. The van der Waals surface area contributed by atoms with E-state index in [0.717, 1.165) is 40.5 Å². The van der Waals surface area contributed by atoms with Crippen molar-refractivity contribution in [1.29, 1.82) is 0 Å². The minimum Gasteiger partial charge on any atom is -0.465 e. The lowest BCUT2D eigenvalue weighted by Gasteiger charge is -2.16. The Morgan fingerprint density at radius 1 is 0.731 bits per heavy atom. The third-order valence-corrected chi connectivity index (χ3v) is 5.14. The number of benzene rings is 2. The molecule has 0 aromatic heterocycles. The molecule has 6 nitrogen and oxygen atoms in total. The highest BCUT2D eigenvalue weighted by molar-refractivity contribution is 5.75. The zero-order valence-corrected chi connectivity index (χ0v) is 14.1. The van der Waals surface area contributed by atoms with Crippen molar-refractivity contribution in [3.05, 3.63) is 47.5 Å². The molecule has 0 N–H and O–H groups in total. The van der Waals surface area contributed by atoms with Crippen LogP contribution in [0.25, 0.3) is 0 Å². The van der Waals surface area contributed by atoms with Crippen molar-refractivity contribution in [1.82, 2.24) is 0 Å². The normalized spacial score (nSPS) is 22.5. The molecule has 1 fully saturated rings. The van der Waals surface area contributed by atoms with E-state index in [9.17, 15) is 4.79 Å². The predicted molar refractivity (Wildman–Crippen MR) is 90.5 cm³/mol. The smallest absolute Gasteiger partial charge is 0.309 e. The molecule has 1 saturated heterocycles. The summed E-state index contributed by atoms with van der Waals surface area (Å²) in [6, 6.07) is 11.8. The molecule has 3 heterocycles. The van der Waals surface area contributed by atoms with Crippen LogP contribution >= 0.6 is 0 Å². The Bertz CT molecular complexity index is 861. The van der Waals surface area contributed by atoms with Gasteiger partial charge in [0.1, 0.15) is 0 Å². The highest BCUT2D eigenvalue weighted by Gasteiger charge is 2.37. The highest BCUT2D eigenvalue weighted by atomic mass is 16.7. The van der Waals surface area contributed by atoms with Crippen LogP contribution < -0.4 is 18.9 Å². The van der Waals surface area contributed by atoms with E-state index < -0.39 is 0 Å². The molecule has 0 amide bonds. The van der Waals surface area contributed by atoms with E-state index in [1.54, 1.807) is 0 Å². The Morgan fingerprint density at radius 2 is 1.31 bits per heavy atom. The number of hydrogen-bond donors (Lipinski definition) is 0. The van der Waals surface area contributed by atoms with Crippen LogP contribution in [0.2, 0.25) is 0 Å². The van der Waals surface area contributed by atoms with Gasteiger partial charge in [-0.1, -0.05) is 12.1 Å². The van der Waals surface area contributed by atoms with Gasteiger partial charge in [0.05, 0.1) is 12.5 Å². The molecule has 3 aliphatic heterocycles. The molecule has 3 aliphatic rings. The van der Waals surface area contributed by atoms with Crippen molar-refractivity contribution in [3.63, 3.8) is 0 Å². The molecular weight excluding hydrogens is 336 g/mol. The first kappa shape index (κ1) is 15.4. The van der Waals surface area contributed by atoms with E-state index >= 15 is 0 Å². The van der Waals surface area contributed by atoms with Crippen LogP contribution in [0.4, 0.5) is 0 Å². The van der Waals surface area contributed by atoms with Gasteiger partial charge in [-0.05, 0) is 48.2 Å². The molecule has 0 spiro atoms. The standard InChI is InChI=1S/C20H18O6/c21-20-15(6-13-2-4-17-19(8-13)26-11-24-17)14(9-22-20)5-12-1-3-16-18(7-12)25-10-23-16/h1-4,7-8,14-15H,5-6,9-11H2/t14-,15-/m0/s1. The second kappa shape index (κ2) is 6.12. The number of esters is 1. The summed E-state index contributed by atoms with van der Waals surface area (Å²) in [5.41, 5.74) is 2.17. The van der Waals surface area contributed by atoms with E-state index in [1.165, 1.54) is 0 Å². The SMILES string of the molecule is O=C1OC[C@H](Cc2ccc3c(c2)OCO3)[C@@H]1Cc1ccc2c(c1)OCO2. The number of ether oxygens (including phenoxy) is 5. The number of carbonyl (C=O) groups excluding carboxylic acids is 1. The Kier molecular flexibility index (Phi) is 3.62. The summed E-state index contributed by atoms with van der Waals surface area (Å²) in [5, 5.41) is 0. The summed E-state index contributed by atoms with van der Waals surface area (Å²) < 4.78 is 26.9. The van der Waals surface area contributed by atoms with Crippen molar-refractivity contribution >= 4 is 5.97 Å². The average molecular weight is 354 g/mol. The maximum atomic E-state index is 12.3. The number of carbonyl (C=O) groups is 1. The van der Waals surface area contributed by atoms with Crippen molar-refractivity contribution < 1.29 is 28.5 Å². The summed E-state index contributed by atoms with van der Waals surface area (Å²) in [6.07, 6.45) is 1.39. The van der Waals surface area contributed by atoms with Gasteiger partial charge in [-0.15, -0.1) is 0 Å². The van der Waals surface area contributed by atoms with Crippen molar-refractivity contribution in [2.75, 3.05) is 20.2 Å². The number of rotatable bonds is 4. The number of cyclic esters (lactones) is 1. The lowest BCUT2D eigenvalue weighted by Crippen LogP contribution is -2.20. The van der Waals surface area contributed by atoms with Gasteiger partial charge in [0.25, 0.3) is 0 Å². The van der Waals surface area contributed by atoms with Crippen LogP contribution in [-0.2, 0) is 22.4 Å². The van der Waals surface area contributed by atoms with Gasteiger partial charge < -0.3 is 23.7 Å². The maximum absolute atomic E-state index is 12.3. The zero-order chi connectivity index (χ0) is 17.5. The lowest BCUT2D eigenvalue weighted by molar-refractivity contribution is -0.141. The summed E-state index contributed by atoms with van der Waals surface area (Å²) in [4.78, 5) is 12.3. The van der Waals surface area contributed by atoms with Gasteiger partial charge in [0, 0.05) is 5.92 Å². The van der Waals surface area contributed by atoms with Crippen molar-refractivity contribution in [2.45, 2.75) is 12.8 Å². The molecule has 2 aromatic carbocycles. The molecule has 0 radical (unpaired) electrons. The first-order valence-electron chi connectivity index (χ1n) is 8.70. The Labute approximate surface area is 150 Å². The minimum atomic E-state index is -0.166. The first-order chi connectivity index (χ1) is 12.8. The second-order valence-electron chi connectivity index (χ2n) is 6.78. The molecule has 134 valence electrons. The average Bonchev–Trinajstić information content (AvgIpc) is 3.37. The van der Waals surface area contributed by atoms with Crippen LogP contribution in [0, 0.1) is 11.8 Å². The third kappa shape index (κ3) is 2.71. The van der Waals surface area contributed by atoms with Gasteiger partial charge in [-0.3, -0.25) is 4.79 Å². The molecule has 5 rings (SSSR count). The van der Waals surface area contributed by atoms with E-state index in [-0.39, 0.29) is 31.4 Å². The Morgan fingerprint density at radius 3 is 1.96 bits per heavy atom. The monoisotopic (exact) mass is 354 g/mol. The Balaban J connectivity index is 1.33. The van der Waals surface area contributed by atoms with Crippen LogP contribution in [0.1, 0.15) is 11.1 Å². The van der Waals surface area contributed by atoms with Gasteiger partial charge >= 0.3 is 5.97 Å².